The van der Waals surface area contributed by atoms with Crippen LogP contribution in [-0.4, -0.2) is 17.0 Å². The van der Waals surface area contributed by atoms with Gasteiger partial charge in [-0.1, -0.05) is 42.7 Å². The zero-order valence-corrected chi connectivity index (χ0v) is 15.5. The lowest BCUT2D eigenvalue weighted by Crippen LogP contribution is -2.17. The largest absolute Gasteiger partial charge is 0.507 e. The molecule has 3 heteroatoms. The Bertz CT molecular complexity index is 571. The van der Waals surface area contributed by atoms with Crippen LogP contribution in [0, 0.1) is 6.92 Å². The van der Waals surface area contributed by atoms with Crippen LogP contribution < -0.4 is 5.73 Å². The molecule has 0 aliphatic carbocycles. The molecule has 0 saturated carbocycles. The van der Waals surface area contributed by atoms with Crippen LogP contribution in [0.4, 0.5) is 0 Å². The predicted octanol–water partition coefficient (Wildman–Crippen LogP) is 5.12. The van der Waals surface area contributed by atoms with Crippen LogP contribution >= 0.6 is 0 Å². The minimum absolute atomic E-state index is 0.00460. The van der Waals surface area contributed by atoms with E-state index in [9.17, 15) is 5.11 Å². The summed E-state index contributed by atoms with van der Waals surface area (Å²) >= 11 is 0. The molecule has 1 aromatic carbocycles. The maximum Gasteiger partial charge on any atom is 0.129 e. The van der Waals surface area contributed by atoms with Crippen molar-refractivity contribution < 1.29 is 5.11 Å². The molecule has 3 N–H and O–H groups in total. The van der Waals surface area contributed by atoms with E-state index in [1.165, 1.54) is 11.1 Å². The summed E-state index contributed by atoms with van der Waals surface area (Å²) in [5.41, 5.74) is 10.0. The summed E-state index contributed by atoms with van der Waals surface area (Å²) in [6.07, 6.45) is 4.13. The van der Waals surface area contributed by atoms with Gasteiger partial charge in [-0.15, -0.1) is 6.58 Å². The highest BCUT2D eigenvalue weighted by Gasteiger charge is 2.08. The van der Waals surface area contributed by atoms with Gasteiger partial charge in [0.1, 0.15) is 11.6 Å². The second-order valence-corrected chi connectivity index (χ2v) is 5.65. The van der Waals surface area contributed by atoms with E-state index in [1.54, 1.807) is 6.07 Å². The molecule has 0 amide bonds. The molecule has 1 atom stereocenters. The molecule has 1 rings (SSSR count). The average molecular weight is 316 g/mol. The van der Waals surface area contributed by atoms with E-state index in [2.05, 4.69) is 24.6 Å². The van der Waals surface area contributed by atoms with Crippen molar-refractivity contribution in [3.05, 3.63) is 53.1 Å². The summed E-state index contributed by atoms with van der Waals surface area (Å²) in [5, 5.41) is 9.87. The van der Waals surface area contributed by atoms with Gasteiger partial charge in [0.05, 0.1) is 11.6 Å². The van der Waals surface area contributed by atoms with Gasteiger partial charge in [0.25, 0.3) is 0 Å². The Labute approximate surface area is 141 Å². The maximum atomic E-state index is 9.87. The quantitative estimate of drug-likeness (QED) is 0.434. The van der Waals surface area contributed by atoms with Gasteiger partial charge in [-0.25, -0.2) is 0 Å². The summed E-state index contributed by atoms with van der Waals surface area (Å²) in [7, 11) is 0. The third kappa shape index (κ3) is 7.68. The maximum absolute atomic E-state index is 9.87. The van der Waals surface area contributed by atoms with Gasteiger partial charge < -0.3 is 10.8 Å². The fourth-order valence-corrected chi connectivity index (χ4v) is 1.95. The minimum atomic E-state index is -0.00460. The van der Waals surface area contributed by atoms with E-state index in [0.29, 0.717) is 11.4 Å². The highest BCUT2D eigenvalue weighted by Crippen LogP contribution is 2.19. The summed E-state index contributed by atoms with van der Waals surface area (Å²) in [6.45, 7) is 15.9. The molecule has 1 aromatic rings. The second-order valence-electron chi connectivity index (χ2n) is 5.65. The molecule has 0 bridgehead atoms. The van der Waals surface area contributed by atoms with E-state index in [4.69, 9.17) is 5.73 Å². The van der Waals surface area contributed by atoms with E-state index >= 15 is 0 Å². The number of hydrogen-bond donors (Lipinski definition) is 2. The topological polar surface area (TPSA) is 58.6 Å². The molecule has 0 aliphatic heterocycles. The number of phenols is 1. The number of benzene rings is 1. The summed E-state index contributed by atoms with van der Waals surface area (Å²) < 4.78 is 0. The van der Waals surface area contributed by atoms with Gasteiger partial charge >= 0.3 is 0 Å². The molecule has 0 aliphatic rings. The predicted molar refractivity (Wildman–Crippen MR) is 102 cm³/mol. The molecule has 0 aromatic heterocycles. The third-order valence-corrected chi connectivity index (χ3v) is 3.46. The standard InChI is InChI=1S/C18H26N2O.C2H6/c1-12(2)7-6-8-14(4)15(5)20-18(19)16-11-13(3)9-10-17(16)21;1-2/h8-11,15,21H,1,6-7H2,2-5H3,(H2,19,20);1-2H3/b14-8+;. The Morgan fingerprint density at radius 2 is 1.96 bits per heavy atom. The Balaban J connectivity index is 0.00000232. The van der Waals surface area contributed by atoms with Crippen molar-refractivity contribution in [1.29, 1.82) is 0 Å². The number of amidine groups is 1. The van der Waals surface area contributed by atoms with E-state index in [1.807, 2.05) is 46.8 Å². The minimum Gasteiger partial charge on any atom is -0.507 e. The van der Waals surface area contributed by atoms with Gasteiger partial charge in [-0.3, -0.25) is 4.99 Å². The lowest BCUT2D eigenvalue weighted by molar-refractivity contribution is 0.474. The van der Waals surface area contributed by atoms with Crippen LogP contribution in [0.3, 0.4) is 0 Å². The molecule has 1 unspecified atom stereocenters. The first kappa shape index (κ1) is 21.0. The first-order chi connectivity index (χ1) is 10.8. The fraction of sp³-hybridized carbons (Fsp3) is 0.450. The number of phenolic OH excluding ortho intramolecular Hbond substituents is 1. The van der Waals surface area contributed by atoms with Crippen molar-refractivity contribution >= 4 is 5.84 Å². The van der Waals surface area contributed by atoms with Gasteiger partial charge in [0, 0.05) is 0 Å². The van der Waals surface area contributed by atoms with Crippen molar-refractivity contribution in [2.75, 3.05) is 0 Å². The Hall–Kier alpha value is -2.03. The highest BCUT2D eigenvalue weighted by atomic mass is 16.3. The van der Waals surface area contributed by atoms with Gasteiger partial charge in [-0.05, 0) is 52.7 Å². The second kappa shape index (κ2) is 10.7. The third-order valence-electron chi connectivity index (χ3n) is 3.46. The molecule has 0 saturated heterocycles. The van der Waals surface area contributed by atoms with Gasteiger partial charge in [0.15, 0.2) is 0 Å². The zero-order valence-electron chi connectivity index (χ0n) is 15.5. The summed E-state index contributed by atoms with van der Waals surface area (Å²) in [5.74, 6) is 0.536. The number of aromatic hydroxyl groups is 1. The van der Waals surface area contributed by atoms with Crippen LogP contribution in [0.25, 0.3) is 0 Å². The summed E-state index contributed by atoms with van der Waals surface area (Å²) in [4.78, 5) is 4.49. The van der Waals surface area contributed by atoms with Crippen LogP contribution in [0.15, 0.2) is 47.0 Å². The van der Waals surface area contributed by atoms with Crippen LogP contribution in [0.1, 0.15) is 58.6 Å². The number of nitrogens with two attached hydrogens (primary N) is 1. The molecular formula is C20H32N2O. The normalized spacial score (nSPS) is 13.1. The van der Waals surface area contributed by atoms with Crippen molar-refractivity contribution in [2.45, 2.75) is 60.4 Å². The Kier molecular flexibility index (Phi) is 9.71. The molecular weight excluding hydrogens is 284 g/mol. The first-order valence-corrected chi connectivity index (χ1v) is 8.25. The van der Waals surface area contributed by atoms with Crippen molar-refractivity contribution in [2.24, 2.45) is 10.7 Å². The first-order valence-electron chi connectivity index (χ1n) is 8.25. The van der Waals surface area contributed by atoms with Crippen LogP contribution in [-0.2, 0) is 0 Å². The number of rotatable bonds is 6. The number of nitrogens with zero attached hydrogens (tertiary/aromatic N) is 1. The molecule has 0 heterocycles. The monoisotopic (exact) mass is 316 g/mol. The Morgan fingerprint density at radius 1 is 1.35 bits per heavy atom. The van der Waals surface area contributed by atoms with Crippen molar-refractivity contribution in [1.82, 2.24) is 0 Å². The molecule has 3 nitrogen and oxygen atoms in total. The SMILES string of the molecule is C=C(C)CC/C=C(\C)C(C)N=C(N)c1cc(C)ccc1O.CC. The number of hydrogen-bond acceptors (Lipinski definition) is 2. The lowest BCUT2D eigenvalue weighted by atomic mass is 10.1. The molecule has 0 fully saturated rings. The highest BCUT2D eigenvalue weighted by molar-refractivity contribution is 6.00. The van der Waals surface area contributed by atoms with Crippen molar-refractivity contribution in [3.8, 4) is 5.75 Å². The number of aryl methyl sites for hydroxylation is 1. The van der Waals surface area contributed by atoms with Crippen molar-refractivity contribution in [3.63, 3.8) is 0 Å². The number of aliphatic imine (C=N–C) groups is 1. The Morgan fingerprint density at radius 3 is 2.52 bits per heavy atom. The fourth-order valence-electron chi connectivity index (χ4n) is 1.95. The smallest absolute Gasteiger partial charge is 0.129 e. The molecule has 128 valence electrons. The van der Waals surface area contributed by atoms with Crippen LogP contribution in [0.2, 0.25) is 0 Å². The molecule has 0 spiro atoms. The van der Waals surface area contributed by atoms with Gasteiger partial charge in [0.2, 0.25) is 0 Å². The molecule has 0 radical (unpaired) electrons. The average Bonchev–Trinajstić information content (AvgIpc) is 2.51. The van der Waals surface area contributed by atoms with Gasteiger partial charge in [-0.2, -0.15) is 0 Å². The lowest BCUT2D eigenvalue weighted by Gasteiger charge is -2.11. The number of allylic oxidation sites excluding steroid dienone is 2. The van der Waals surface area contributed by atoms with E-state index in [-0.39, 0.29) is 11.8 Å². The summed E-state index contributed by atoms with van der Waals surface area (Å²) in [6, 6.07) is 5.34. The van der Waals surface area contributed by atoms with E-state index < -0.39 is 0 Å². The van der Waals surface area contributed by atoms with E-state index in [0.717, 1.165) is 18.4 Å². The zero-order chi connectivity index (χ0) is 18.0. The molecule has 23 heavy (non-hydrogen) atoms. The van der Waals surface area contributed by atoms with Crippen LogP contribution in [0.5, 0.6) is 5.75 Å².